The fourth-order valence-electron chi connectivity index (χ4n) is 4.13. The Balaban J connectivity index is 1.48. The summed E-state index contributed by atoms with van der Waals surface area (Å²) in [4.78, 5) is 2.84. The van der Waals surface area contributed by atoms with Crippen molar-refractivity contribution in [2.24, 2.45) is 5.92 Å². The van der Waals surface area contributed by atoms with Gasteiger partial charge in [0.05, 0.1) is 0 Å². The molecule has 0 N–H and O–H groups in total. The summed E-state index contributed by atoms with van der Waals surface area (Å²) in [6, 6.07) is 0.979. The maximum atomic E-state index is 3.50. The van der Waals surface area contributed by atoms with Gasteiger partial charge in [0.15, 0.2) is 0 Å². The lowest BCUT2D eigenvalue weighted by Crippen LogP contribution is -2.42. The largest absolute Gasteiger partial charge is 0.300 e. The Labute approximate surface area is 128 Å². The molecule has 2 unspecified atom stereocenters. The summed E-state index contributed by atoms with van der Waals surface area (Å²) in [5.41, 5.74) is 0. The van der Waals surface area contributed by atoms with E-state index in [2.05, 4.69) is 20.8 Å². The second-order valence-corrected chi connectivity index (χ2v) is 7.39. The van der Waals surface area contributed by atoms with Gasteiger partial charge in [0.2, 0.25) is 0 Å². The van der Waals surface area contributed by atoms with Crippen LogP contribution in [-0.4, -0.2) is 29.4 Å². The molecule has 0 aromatic carbocycles. The maximum Gasteiger partial charge on any atom is 0.0123 e. The van der Waals surface area contributed by atoms with Crippen molar-refractivity contribution in [3.63, 3.8) is 0 Å². The van der Waals surface area contributed by atoms with Crippen molar-refractivity contribution >= 4 is 15.9 Å². The van der Waals surface area contributed by atoms with E-state index in [0.717, 1.165) is 12.0 Å². The SMILES string of the molecule is BrCCCCCCCCCN1CCCC2CCCC21. The highest BCUT2D eigenvalue weighted by atomic mass is 79.9. The van der Waals surface area contributed by atoms with Crippen molar-refractivity contribution in [2.45, 2.75) is 83.1 Å². The summed E-state index contributed by atoms with van der Waals surface area (Å²) >= 11 is 3.50. The van der Waals surface area contributed by atoms with Crippen LogP contribution in [-0.2, 0) is 0 Å². The molecule has 1 nitrogen and oxygen atoms in total. The van der Waals surface area contributed by atoms with Gasteiger partial charge in [0.25, 0.3) is 0 Å². The highest BCUT2D eigenvalue weighted by molar-refractivity contribution is 9.09. The standard InChI is InChI=1S/C17H32BrN/c18-13-6-4-2-1-3-5-7-14-19-15-9-11-16-10-8-12-17(16)19/h16-17H,1-15H2. The monoisotopic (exact) mass is 329 g/mol. The first-order chi connectivity index (χ1) is 9.42. The van der Waals surface area contributed by atoms with E-state index in [1.165, 1.54) is 95.5 Å². The topological polar surface area (TPSA) is 3.24 Å². The zero-order valence-corrected chi connectivity index (χ0v) is 14.2. The van der Waals surface area contributed by atoms with Gasteiger partial charge < -0.3 is 4.90 Å². The number of hydrogen-bond donors (Lipinski definition) is 0. The average Bonchev–Trinajstić information content (AvgIpc) is 2.91. The smallest absolute Gasteiger partial charge is 0.0123 e. The summed E-state index contributed by atoms with van der Waals surface area (Å²) < 4.78 is 0. The van der Waals surface area contributed by atoms with Crippen molar-refractivity contribution in [3.8, 4) is 0 Å². The number of nitrogens with zero attached hydrogens (tertiary/aromatic N) is 1. The van der Waals surface area contributed by atoms with Crippen LogP contribution in [0, 0.1) is 5.92 Å². The number of likely N-dealkylation sites (tertiary alicyclic amines) is 1. The van der Waals surface area contributed by atoms with Crippen LogP contribution in [0.3, 0.4) is 0 Å². The number of alkyl halides is 1. The number of piperidine rings is 1. The molecule has 2 atom stereocenters. The van der Waals surface area contributed by atoms with E-state index in [1.54, 1.807) is 0 Å². The molecule has 2 rings (SSSR count). The molecule has 0 aromatic rings. The third-order valence-electron chi connectivity index (χ3n) is 5.19. The highest BCUT2D eigenvalue weighted by Gasteiger charge is 2.34. The molecular formula is C17H32BrN. The van der Waals surface area contributed by atoms with Crippen molar-refractivity contribution in [2.75, 3.05) is 18.4 Å². The molecule has 0 spiro atoms. The normalized spacial score (nSPS) is 27.6. The number of unbranched alkanes of at least 4 members (excludes halogenated alkanes) is 6. The molecule has 2 fully saturated rings. The van der Waals surface area contributed by atoms with Gasteiger partial charge in [-0.2, -0.15) is 0 Å². The van der Waals surface area contributed by atoms with E-state index in [0.29, 0.717) is 0 Å². The molecule has 2 aliphatic rings. The fraction of sp³-hybridized carbons (Fsp3) is 1.00. The van der Waals surface area contributed by atoms with E-state index < -0.39 is 0 Å². The Morgan fingerprint density at radius 1 is 0.789 bits per heavy atom. The summed E-state index contributed by atoms with van der Waals surface area (Å²) in [6.07, 6.45) is 17.6. The Kier molecular flexibility index (Phi) is 7.82. The van der Waals surface area contributed by atoms with E-state index in [4.69, 9.17) is 0 Å². The van der Waals surface area contributed by atoms with Gasteiger partial charge >= 0.3 is 0 Å². The molecule has 1 saturated heterocycles. The molecular weight excluding hydrogens is 298 g/mol. The van der Waals surface area contributed by atoms with Crippen LogP contribution in [0.5, 0.6) is 0 Å². The maximum absolute atomic E-state index is 3.50. The molecule has 19 heavy (non-hydrogen) atoms. The zero-order chi connectivity index (χ0) is 13.3. The van der Waals surface area contributed by atoms with Gasteiger partial charge in [0, 0.05) is 11.4 Å². The second kappa shape index (κ2) is 9.39. The van der Waals surface area contributed by atoms with Gasteiger partial charge in [-0.3, -0.25) is 0 Å². The number of halogens is 1. The lowest BCUT2D eigenvalue weighted by molar-refractivity contribution is 0.111. The number of fused-ring (bicyclic) bond motifs is 1. The predicted octanol–water partition coefficient (Wildman–Crippen LogP) is 5.38. The van der Waals surface area contributed by atoms with Crippen molar-refractivity contribution < 1.29 is 0 Å². The van der Waals surface area contributed by atoms with Crippen molar-refractivity contribution in [1.29, 1.82) is 0 Å². The molecule has 1 saturated carbocycles. The third kappa shape index (κ3) is 5.38. The molecule has 0 bridgehead atoms. The first-order valence-electron chi connectivity index (χ1n) is 8.72. The minimum Gasteiger partial charge on any atom is -0.300 e. The lowest BCUT2D eigenvalue weighted by Gasteiger charge is -2.37. The first-order valence-corrected chi connectivity index (χ1v) is 9.84. The number of rotatable bonds is 9. The molecule has 0 amide bonds. The quantitative estimate of drug-likeness (QED) is 0.405. The molecule has 1 aliphatic heterocycles. The van der Waals surface area contributed by atoms with Crippen LogP contribution < -0.4 is 0 Å². The van der Waals surface area contributed by atoms with Crippen LogP contribution in [0.15, 0.2) is 0 Å². The molecule has 1 aliphatic carbocycles. The Bertz CT molecular complexity index is 231. The predicted molar refractivity (Wildman–Crippen MR) is 88.0 cm³/mol. The minimum absolute atomic E-state index is 0.979. The van der Waals surface area contributed by atoms with Crippen molar-refractivity contribution in [1.82, 2.24) is 4.90 Å². The van der Waals surface area contributed by atoms with Gasteiger partial charge in [-0.25, -0.2) is 0 Å². The van der Waals surface area contributed by atoms with Crippen LogP contribution in [0.2, 0.25) is 0 Å². The summed E-state index contributed by atoms with van der Waals surface area (Å²) in [7, 11) is 0. The molecule has 1 heterocycles. The van der Waals surface area contributed by atoms with Gasteiger partial charge in [-0.05, 0) is 57.5 Å². The van der Waals surface area contributed by atoms with E-state index in [9.17, 15) is 0 Å². The first kappa shape index (κ1) is 15.8. The summed E-state index contributed by atoms with van der Waals surface area (Å²) in [6.45, 7) is 2.79. The van der Waals surface area contributed by atoms with Crippen LogP contribution >= 0.6 is 15.9 Å². The Hall–Kier alpha value is 0.440. The van der Waals surface area contributed by atoms with E-state index in [1.807, 2.05) is 0 Å². The Morgan fingerprint density at radius 2 is 1.47 bits per heavy atom. The van der Waals surface area contributed by atoms with Gasteiger partial charge in [-0.1, -0.05) is 54.5 Å². The van der Waals surface area contributed by atoms with Gasteiger partial charge in [-0.15, -0.1) is 0 Å². The zero-order valence-electron chi connectivity index (χ0n) is 12.6. The molecule has 112 valence electrons. The van der Waals surface area contributed by atoms with Crippen LogP contribution in [0.4, 0.5) is 0 Å². The van der Waals surface area contributed by atoms with E-state index >= 15 is 0 Å². The lowest BCUT2D eigenvalue weighted by atomic mass is 9.92. The van der Waals surface area contributed by atoms with Crippen LogP contribution in [0.1, 0.15) is 77.0 Å². The van der Waals surface area contributed by atoms with Crippen molar-refractivity contribution in [3.05, 3.63) is 0 Å². The highest BCUT2D eigenvalue weighted by Crippen LogP contribution is 2.36. The van der Waals surface area contributed by atoms with Crippen LogP contribution in [0.25, 0.3) is 0 Å². The average molecular weight is 330 g/mol. The Morgan fingerprint density at radius 3 is 2.26 bits per heavy atom. The second-order valence-electron chi connectivity index (χ2n) is 6.60. The number of hydrogen-bond acceptors (Lipinski definition) is 1. The third-order valence-corrected chi connectivity index (χ3v) is 5.75. The molecule has 0 aromatic heterocycles. The van der Waals surface area contributed by atoms with E-state index in [-0.39, 0.29) is 0 Å². The summed E-state index contributed by atoms with van der Waals surface area (Å²) in [5.74, 6) is 1.07. The van der Waals surface area contributed by atoms with Gasteiger partial charge in [0.1, 0.15) is 0 Å². The fourth-order valence-corrected chi connectivity index (χ4v) is 4.52. The minimum atomic E-state index is 0.979. The molecule has 0 radical (unpaired) electrons. The molecule has 2 heteroatoms. The summed E-state index contributed by atoms with van der Waals surface area (Å²) in [5, 5.41) is 1.19.